The van der Waals surface area contributed by atoms with Crippen LogP contribution in [0.5, 0.6) is 0 Å². The largest absolute Gasteiger partial charge is 0.465 e. The fourth-order valence-corrected chi connectivity index (χ4v) is 1.67. The maximum Gasteiger partial charge on any atom is 0.327 e. The van der Waals surface area contributed by atoms with Gasteiger partial charge in [0, 0.05) is 13.6 Å². The van der Waals surface area contributed by atoms with Gasteiger partial charge in [0.05, 0.1) is 12.6 Å². The lowest BCUT2D eigenvalue weighted by Gasteiger charge is -2.29. The second-order valence-corrected chi connectivity index (χ2v) is 3.83. The minimum absolute atomic E-state index is 0.0587. The summed E-state index contributed by atoms with van der Waals surface area (Å²) in [4.78, 5) is 23.2. The van der Waals surface area contributed by atoms with Crippen molar-refractivity contribution in [3.8, 4) is 0 Å². The first-order chi connectivity index (χ1) is 7.56. The Bertz CT molecular complexity index is 270. The lowest BCUT2D eigenvalue weighted by molar-refractivity contribution is -0.159. The molecule has 1 fully saturated rings. The highest BCUT2D eigenvalue weighted by molar-refractivity contribution is 5.85. The molecule has 0 bridgehead atoms. The number of carbonyl (C=O) groups excluding carboxylic acids is 2. The monoisotopic (exact) mass is 229 g/mol. The highest BCUT2D eigenvalue weighted by atomic mass is 16.5. The Morgan fingerprint density at radius 1 is 1.62 bits per heavy atom. The molecule has 1 atom stereocenters. The molecule has 0 aromatic heterocycles. The van der Waals surface area contributed by atoms with Crippen LogP contribution in [0.2, 0.25) is 0 Å². The smallest absolute Gasteiger partial charge is 0.327 e. The van der Waals surface area contributed by atoms with E-state index < -0.39 is 12.0 Å². The van der Waals surface area contributed by atoms with E-state index in [0.29, 0.717) is 13.0 Å². The van der Waals surface area contributed by atoms with Crippen LogP contribution in [-0.4, -0.2) is 54.7 Å². The number of ether oxygens (including phenoxy) is 1. The van der Waals surface area contributed by atoms with Crippen LogP contribution in [-0.2, 0) is 14.3 Å². The molecular formula is C10H19N3O3. The number of carbonyl (C=O) groups is 2. The first-order valence-corrected chi connectivity index (χ1v) is 5.50. The summed E-state index contributed by atoms with van der Waals surface area (Å²) in [6.45, 7) is 2.71. The highest BCUT2D eigenvalue weighted by Crippen LogP contribution is 2.10. The van der Waals surface area contributed by atoms with Crippen LogP contribution in [0.1, 0.15) is 19.8 Å². The Morgan fingerprint density at radius 3 is 2.94 bits per heavy atom. The topological polar surface area (TPSA) is 75.9 Å². The van der Waals surface area contributed by atoms with Gasteiger partial charge in [0.1, 0.15) is 6.54 Å². The third-order valence-electron chi connectivity index (χ3n) is 2.56. The number of amides is 1. The van der Waals surface area contributed by atoms with E-state index >= 15 is 0 Å². The van der Waals surface area contributed by atoms with Crippen LogP contribution in [0.25, 0.3) is 0 Å². The summed E-state index contributed by atoms with van der Waals surface area (Å²) in [5, 5.41) is 3.10. The van der Waals surface area contributed by atoms with E-state index in [1.807, 2.05) is 0 Å². The molecule has 0 unspecified atom stereocenters. The minimum atomic E-state index is -0.514. The fourth-order valence-electron chi connectivity index (χ4n) is 1.67. The van der Waals surface area contributed by atoms with Gasteiger partial charge in [-0.2, -0.15) is 0 Å². The van der Waals surface area contributed by atoms with E-state index in [1.54, 1.807) is 19.0 Å². The zero-order valence-corrected chi connectivity index (χ0v) is 9.81. The van der Waals surface area contributed by atoms with Gasteiger partial charge in [0.2, 0.25) is 0 Å². The van der Waals surface area contributed by atoms with Crippen molar-refractivity contribution in [1.29, 1.82) is 0 Å². The molecule has 1 amide bonds. The van der Waals surface area contributed by atoms with E-state index in [4.69, 9.17) is 10.5 Å². The average molecular weight is 229 g/mol. The predicted octanol–water partition coefficient (Wildman–Crippen LogP) is -0.654. The number of nitrogens with zero attached hydrogens (tertiary/aromatic N) is 2. The SMILES string of the molecule is CCOC(=O)CN1C(=O)[C@@H](N)CCCN1C. The van der Waals surface area contributed by atoms with Crippen molar-refractivity contribution < 1.29 is 14.3 Å². The molecule has 6 nitrogen and oxygen atoms in total. The van der Waals surface area contributed by atoms with Gasteiger partial charge in [-0.25, -0.2) is 5.01 Å². The van der Waals surface area contributed by atoms with Crippen LogP contribution in [0.4, 0.5) is 0 Å². The summed E-state index contributed by atoms with van der Waals surface area (Å²) in [6, 6.07) is -0.514. The molecule has 2 N–H and O–H groups in total. The van der Waals surface area contributed by atoms with E-state index in [-0.39, 0.29) is 12.5 Å². The van der Waals surface area contributed by atoms with Gasteiger partial charge in [-0.3, -0.25) is 14.6 Å². The molecular weight excluding hydrogens is 210 g/mol. The van der Waals surface area contributed by atoms with Crippen LogP contribution in [0.15, 0.2) is 0 Å². The summed E-state index contributed by atoms with van der Waals surface area (Å²) in [7, 11) is 1.77. The summed E-state index contributed by atoms with van der Waals surface area (Å²) in [5.41, 5.74) is 5.71. The lowest BCUT2D eigenvalue weighted by atomic mass is 10.1. The van der Waals surface area contributed by atoms with Gasteiger partial charge >= 0.3 is 5.97 Å². The quantitative estimate of drug-likeness (QED) is 0.651. The van der Waals surface area contributed by atoms with Crippen molar-refractivity contribution >= 4 is 11.9 Å². The molecule has 0 spiro atoms. The van der Waals surface area contributed by atoms with Crippen molar-refractivity contribution in [3.63, 3.8) is 0 Å². The molecule has 0 aromatic carbocycles. The highest BCUT2D eigenvalue weighted by Gasteiger charge is 2.29. The first-order valence-electron chi connectivity index (χ1n) is 5.50. The molecule has 1 saturated heterocycles. The Labute approximate surface area is 95.3 Å². The zero-order chi connectivity index (χ0) is 12.1. The van der Waals surface area contributed by atoms with E-state index in [0.717, 1.165) is 13.0 Å². The average Bonchev–Trinajstić information content (AvgIpc) is 2.34. The third kappa shape index (κ3) is 3.18. The lowest BCUT2D eigenvalue weighted by Crippen LogP contribution is -2.51. The van der Waals surface area contributed by atoms with Crippen molar-refractivity contribution in [2.45, 2.75) is 25.8 Å². The standard InChI is InChI=1S/C10H19N3O3/c1-3-16-9(14)7-13-10(15)8(11)5-4-6-12(13)2/h8H,3-7,11H2,1-2H3/t8-/m0/s1. The Kier molecular flexibility index (Phi) is 4.70. The molecule has 1 rings (SSSR count). The van der Waals surface area contributed by atoms with Crippen molar-refractivity contribution in [2.24, 2.45) is 5.73 Å². The molecule has 1 aliphatic rings. The number of hydrogen-bond donors (Lipinski definition) is 1. The van der Waals surface area contributed by atoms with Crippen LogP contribution in [0, 0.1) is 0 Å². The molecule has 16 heavy (non-hydrogen) atoms. The number of hydrazine groups is 1. The van der Waals surface area contributed by atoms with Crippen molar-refractivity contribution in [2.75, 3.05) is 26.7 Å². The molecule has 0 radical (unpaired) electrons. The zero-order valence-electron chi connectivity index (χ0n) is 9.81. The number of hydrogen-bond acceptors (Lipinski definition) is 5. The van der Waals surface area contributed by atoms with Crippen LogP contribution >= 0.6 is 0 Å². The second-order valence-electron chi connectivity index (χ2n) is 3.83. The summed E-state index contributed by atoms with van der Waals surface area (Å²) >= 11 is 0. The Balaban J connectivity index is 2.65. The number of esters is 1. The maximum atomic E-state index is 11.8. The Hall–Kier alpha value is -1.14. The van der Waals surface area contributed by atoms with Gasteiger partial charge < -0.3 is 10.5 Å². The molecule has 1 heterocycles. The fraction of sp³-hybridized carbons (Fsp3) is 0.800. The van der Waals surface area contributed by atoms with Crippen LogP contribution < -0.4 is 5.73 Å². The van der Waals surface area contributed by atoms with E-state index in [1.165, 1.54) is 5.01 Å². The maximum absolute atomic E-state index is 11.8. The predicted molar refractivity (Wildman–Crippen MR) is 58.2 cm³/mol. The molecule has 1 aliphatic heterocycles. The molecule has 0 aromatic rings. The number of nitrogens with two attached hydrogens (primary N) is 1. The van der Waals surface area contributed by atoms with E-state index in [2.05, 4.69) is 0 Å². The van der Waals surface area contributed by atoms with Gasteiger partial charge in [-0.05, 0) is 19.8 Å². The molecule has 92 valence electrons. The molecule has 0 saturated carbocycles. The third-order valence-corrected chi connectivity index (χ3v) is 2.56. The minimum Gasteiger partial charge on any atom is -0.465 e. The van der Waals surface area contributed by atoms with Gasteiger partial charge in [-0.15, -0.1) is 0 Å². The van der Waals surface area contributed by atoms with E-state index in [9.17, 15) is 9.59 Å². The van der Waals surface area contributed by atoms with Crippen molar-refractivity contribution in [3.05, 3.63) is 0 Å². The summed E-state index contributed by atoms with van der Waals surface area (Å²) in [6.07, 6.45) is 1.51. The van der Waals surface area contributed by atoms with Crippen LogP contribution in [0.3, 0.4) is 0 Å². The van der Waals surface area contributed by atoms with Gasteiger partial charge in [0.15, 0.2) is 0 Å². The number of rotatable bonds is 3. The Morgan fingerprint density at radius 2 is 2.31 bits per heavy atom. The van der Waals surface area contributed by atoms with Gasteiger partial charge in [-0.1, -0.05) is 0 Å². The summed E-state index contributed by atoms with van der Waals surface area (Å²) < 4.78 is 4.82. The van der Waals surface area contributed by atoms with Gasteiger partial charge in [0.25, 0.3) is 5.91 Å². The second kappa shape index (κ2) is 5.81. The van der Waals surface area contributed by atoms with Crippen molar-refractivity contribution in [1.82, 2.24) is 10.0 Å². The molecule has 6 heteroatoms. The normalized spacial score (nSPS) is 23.1. The molecule has 0 aliphatic carbocycles. The first kappa shape index (κ1) is 12.9. The summed E-state index contributed by atoms with van der Waals surface area (Å²) in [5.74, 6) is -0.621.